The van der Waals surface area contributed by atoms with Crippen molar-refractivity contribution in [3.05, 3.63) is 64.4 Å². The second kappa shape index (κ2) is 12.3. The van der Waals surface area contributed by atoms with Gasteiger partial charge in [0.25, 0.3) is 0 Å². The van der Waals surface area contributed by atoms with E-state index < -0.39 is 30.0 Å². The molecule has 12 nitrogen and oxygen atoms in total. The Bertz CT molecular complexity index is 1740. The third-order valence-electron chi connectivity index (χ3n) is 7.11. The Morgan fingerprint density at radius 3 is 2.56 bits per heavy atom. The van der Waals surface area contributed by atoms with E-state index >= 15 is 0 Å². The molecule has 43 heavy (non-hydrogen) atoms. The molecule has 0 unspecified atom stereocenters. The second-order valence-electron chi connectivity index (χ2n) is 10.1. The Balaban J connectivity index is 1.39. The Hall–Kier alpha value is -4.59. The van der Waals surface area contributed by atoms with Crippen LogP contribution in [0, 0.1) is 6.92 Å². The number of halogens is 2. The fourth-order valence-corrected chi connectivity index (χ4v) is 5.26. The number of pyridine rings is 1. The highest BCUT2D eigenvalue weighted by molar-refractivity contribution is 9.10. The van der Waals surface area contributed by atoms with Crippen LogP contribution < -0.4 is 5.32 Å². The number of alkyl halides is 1. The van der Waals surface area contributed by atoms with Gasteiger partial charge < -0.3 is 15.0 Å². The summed E-state index contributed by atoms with van der Waals surface area (Å²) in [4.78, 5) is 65.0. The van der Waals surface area contributed by atoms with Crippen molar-refractivity contribution in [2.75, 3.05) is 19.0 Å². The van der Waals surface area contributed by atoms with Crippen LogP contribution in [0.2, 0.25) is 0 Å². The lowest BCUT2D eigenvalue weighted by Gasteiger charge is -2.24. The number of anilines is 1. The van der Waals surface area contributed by atoms with E-state index in [-0.39, 0.29) is 43.2 Å². The Kier molecular flexibility index (Phi) is 8.57. The van der Waals surface area contributed by atoms with Gasteiger partial charge in [-0.05, 0) is 46.6 Å². The molecule has 2 atom stereocenters. The summed E-state index contributed by atoms with van der Waals surface area (Å²) in [6, 6.07) is 7.42. The van der Waals surface area contributed by atoms with E-state index in [0.717, 1.165) is 16.0 Å². The molecule has 4 aromatic rings. The molecule has 14 heteroatoms. The summed E-state index contributed by atoms with van der Waals surface area (Å²) in [6.07, 6.45) is 1.58. The zero-order chi connectivity index (χ0) is 30.8. The average molecular weight is 652 g/mol. The number of ketones is 1. The molecule has 1 saturated heterocycles. The second-order valence-corrected chi connectivity index (χ2v) is 10.9. The van der Waals surface area contributed by atoms with Crippen LogP contribution in [0.25, 0.3) is 22.0 Å². The molecule has 4 heterocycles. The fraction of sp³-hybridized carbons (Fsp3) is 0.310. The van der Waals surface area contributed by atoms with Crippen molar-refractivity contribution in [3.63, 3.8) is 0 Å². The van der Waals surface area contributed by atoms with Gasteiger partial charge in [-0.3, -0.25) is 23.9 Å². The number of hydrogen-bond donors (Lipinski definition) is 1. The summed E-state index contributed by atoms with van der Waals surface area (Å²) in [6.45, 7) is 2.56. The van der Waals surface area contributed by atoms with Crippen LogP contribution in [0.5, 0.6) is 0 Å². The number of ether oxygens (including phenoxy) is 1. The topological polar surface area (TPSA) is 149 Å². The molecule has 1 aromatic carbocycles. The number of nitrogens with one attached hydrogen (secondary N) is 1. The van der Waals surface area contributed by atoms with E-state index in [4.69, 9.17) is 4.74 Å². The van der Waals surface area contributed by atoms with E-state index in [1.54, 1.807) is 43.6 Å². The van der Waals surface area contributed by atoms with Crippen LogP contribution in [0.4, 0.5) is 10.2 Å². The zero-order valence-corrected chi connectivity index (χ0v) is 25.1. The first-order valence-electron chi connectivity index (χ1n) is 13.3. The summed E-state index contributed by atoms with van der Waals surface area (Å²) >= 11 is 3.24. The molecule has 3 aromatic heterocycles. The minimum atomic E-state index is -1.42. The number of carbonyl (C=O) groups excluding carboxylic acids is 4. The predicted octanol–water partition coefficient (Wildman–Crippen LogP) is 3.46. The van der Waals surface area contributed by atoms with Gasteiger partial charge in [-0.2, -0.15) is 5.10 Å². The maximum atomic E-state index is 14.6. The maximum Gasteiger partial charge on any atom is 0.310 e. The number of aromatic nitrogens is 5. The molecule has 0 spiro atoms. The Labute approximate surface area is 253 Å². The molecule has 1 aliphatic rings. The quantitative estimate of drug-likeness (QED) is 0.172. The van der Waals surface area contributed by atoms with Gasteiger partial charge in [0.05, 0.1) is 25.6 Å². The number of fused-ring (bicyclic) bond motifs is 1. The SMILES string of the molecule is COC(=O)Cc1ccc(Br)nc1NC(=O)[C@@H]1C[C@@H](F)CN1C(=O)Cn1nc(C(C)=O)c2cc(-c3cnc(C)nc3)ccc21. The van der Waals surface area contributed by atoms with Crippen molar-refractivity contribution in [3.8, 4) is 11.1 Å². The van der Waals surface area contributed by atoms with Crippen LogP contribution in [-0.4, -0.2) is 79.1 Å². The largest absolute Gasteiger partial charge is 0.469 e. The maximum absolute atomic E-state index is 14.6. The van der Waals surface area contributed by atoms with Gasteiger partial charge in [0, 0.05) is 42.3 Å². The van der Waals surface area contributed by atoms with Gasteiger partial charge in [0.15, 0.2) is 5.78 Å². The van der Waals surface area contributed by atoms with Gasteiger partial charge >= 0.3 is 5.97 Å². The van der Waals surface area contributed by atoms with Crippen LogP contribution in [0.1, 0.15) is 35.2 Å². The normalized spacial score (nSPS) is 16.3. The number of benzene rings is 1. The van der Waals surface area contributed by atoms with Crippen molar-refractivity contribution in [1.82, 2.24) is 29.6 Å². The molecule has 1 N–H and O–H groups in total. The molecule has 5 rings (SSSR count). The lowest BCUT2D eigenvalue weighted by Crippen LogP contribution is -2.44. The highest BCUT2D eigenvalue weighted by Gasteiger charge is 2.40. The molecule has 0 bridgehead atoms. The van der Waals surface area contributed by atoms with Crippen LogP contribution in [0.15, 0.2) is 47.3 Å². The van der Waals surface area contributed by atoms with Gasteiger partial charge in [-0.1, -0.05) is 12.1 Å². The standard InChI is InChI=1S/C29H27BrFN7O5/c1-15(39)27-21-8-17(19-11-32-16(2)33-12-19)4-6-22(21)38(36-27)14-25(40)37-13-20(31)10-23(37)29(42)35-28-18(9-26(41)43-3)5-7-24(30)34-28/h4-8,11-12,20,23H,9-10,13-14H2,1-3H3,(H,34,35,42)/t20-,23+/m1/s1. The molecule has 0 aliphatic carbocycles. The lowest BCUT2D eigenvalue weighted by atomic mass is 10.0. The number of carbonyl (C=O) groups is 4. The highest BCUT2D eigenvalue weighted by Crippen LogP contribution is 2.28. The summed E-state index contributed by atoms with van der Waals surface area (Å²) in [5.74, 6) is -1.30. The Morgan fingerprint density at radius 1 is 1.12 bits per heavy atom. The Morgan fingerprint density at radius 2 is 1.86 bits per heavy atom. The van der Waals surface area contributed by atoms with E-state index in [9.17, 15) is 23.6 Å². The number of rotatable bonds is 8. The van der Waals surface area contributed by atoms with Crippen molar-refractivity contribution >= 4 is 56.2 Å². The monoisotopic (exact) mass is 651 g/mol. The van der Waals surface area contributed by atoms with Crippen LogP contribution in [0.3, 0.4) is 0 Å². The van der Waals surface area contributed by atoms with Crippen molar-refractivity contribution in [2.45, 2.75) is 45.4 Å². The molecule has 0 saturated carbocycles. The van der Waals surface area contributed by atoms with Crippen molar-refractivity contribution in [1.29, 1.82) is 0 Å². The summed E-state index contributed by atoms with van der Waals surface area (Å²) in [5.41, 5.74) is 2.62. The molecule has 0 radical (unpaired) electrons. The number of aryl methyl sites for hydroxylation is 1. The number of methoxy groups -OCH3 is 1. The smallest absolute Gasteiger partial charge is 0.310 e. The first-order valence-corrected chi connectivity index (χ1v) is 14.1. The third-order valence-corrected chi connectivity index (χ3v) is 7.55. The zero-order valence-electron chi connectivity index (χ0n) is 23.5. The van der Waals surface area contributed by atoms with E-state index in [1.807, 2.05) is 6.07 Å². The highest BCUT2D eigenvalue weighted by atomic mass is 79.9. The first-order chi connectivity index (χ1) is 20.5. The summed E-state index contributed by atoms with van der Waals surface area (Å²) in [5, 5.41) is 7.58. The molecule has 2 amide bonds. The lowest BCUT2D eigenvalue weighted by molar-refractivity contribution is -0.139. The summed E-state index contributed by atoms with van der Waals surface area (Å²) in [7, 11) is 1.25. The van der Waals surface area contributed by atoms with Crippen molar-refractivity contribution < 1.29 is 28.3 Å². The molecule has 1 fully saturated rings. The molecular weight excluding hydrogens is 625 g/mol. The van der Waals surface area contributed by atoms with Crippen molar-refractivity contribution in [2.24, 2.45) is 0 Å². The van der Waals surface area contributed by atoms with Crippen LogP contribution in [-0.2, 0) is 32.1 Å². The minimum absolute atomic E-state index is 0.0958. The predicted molar refractivity (Wildman–Crippen MR) is 157 cm³/mol. The number of hydrogen-bond acceptors (Lipinski definition) is 9. The number of esters is 1. The first kappa shape index (κ1) is 29.9. The van der Waals surface area contributed by atoms with Gasteiger partial charge in [-0.25, -0.2) is 19.3 Å². The summed E-state index contributed by atoms with van der Waals surface area (Å²) < 4.78 is 21.1. The van der Waals surface area contributed by atoms with E-state index in [2.05, 4.69) is 41.3 Å². The minimum Gasteiger partial charge on any atom is -0.469 e. The number of amides is 2. The van der Waals surface area contributed by atoms with Gasteiger partial charge in [0.1, 0.15) is 40.7 Å². The number of Topliss-reactive ketones (excluding diaryl/α,β-unsaturated/α-hetero) is 1. The number of likely N-dealkylation sites (tertiary alicyclic amines) is 1. The molecule has 222 valence electrons. The third kappa shape index (κ3) is 6.43. The molecule has 1 aliphatic heterocycles. The van der Waals surface area contributed by atoms with Gasteiger partial charge in [0.2, 0.25) is 11.8 Å². The van der Waals surface area contributed by atoms with Crippen LogP contribution >= 0.6 is 15.9 Å². The average Bonchev–Trinajstić information content (AvgIpc) is 3.55. The fourth-order valence-electron chi connectivity index (χ4n) is 4.95. The van der Waals surface area contributed by atoms with E-state index in [0.29, 0.717) is 26.9 Å². The molecular formula is C29H27BrFN7O5. The van der Waals surface area contributed by atoms with E-state index in [1.165, 1.54) is 18.7 Å². The van der Waals surface area contributed by atoms with Gasteiger partial charge in [-0.15, -0.1) is 0 Å². The number of nitrogens with zero attached hydrogens (tertiary/aromatic N) is 6.